The van der Waals surface area contributed by atoms with Crippen molar-refractivity contribution in [2.45, 2.75) is 18.9 Å². The molecule has 2 amide bonds. The number of urea groups is 1. The number of hydrogen-bond donors (Lipinski definition) is 3. The van der Waals surface area contributed by atoms with Crippen molar-refractivity contribution >= 4 is 11.7 Å². The monoisotopic (exact) mass is 286 g/mol. The zero-order valence-corrected chi connectivity index (χ0v) is 11.0. The molecule has 3 N–H and O–H groups in total. The lowest BCUT2D eigenvalue weighted by atomic mass is 9.94. The van der Waals surface area contributed by atoms with Crippen LogP contribution < -0.4 is 10.6 Å². The SMILES string of the molecule is Cc1ccc(NC(=O)NC2(CCO)COC2)c(F)c1F. The van der Waals surface area contributed by atoms with Gasteiger partial charge in [0.2, 0.25) is 0 Å². The third kappa shape index (κ3) is 2.88. The molecule has 1 aliphatic rings. The molecule has 1 aliphatic heterocycles. The minimum Gasteiger partial charge on any atom is -0.396 e. The van der Waals surface area contributed by atoms with Crippen LogP contribution in [-0.2, 0) is 4.74 Å². The van der Waals surface area contributed by atoms with Gasteiger partial charge >= 0.3 is 6.03 Å². The van der Waals surface area contributed by atoms with E-state index in [4.69, 9.17) is 9.84 Å². The second-order valence-electron chi connectivity index (χ2n) is 4.88. The van der Waals surface area contributed by atoms with E-state index < -0.39 is 23.2 Å². The first-order chi connectivity index (χ1) is 9.47. The molecule has 20 heavy (non-hydrogen) atoms. The number of aliphatic hydroxyl groups excluding tert-OH is 1. The van der Waals surface area contributed by atoms with Gasteiger partial charge < -0.3 is 20.5 Å². The highest BCUT2D eigenvalue weighted by Gasteiger charge is 2.39. The average Bonchev–Trinajstić information content (AvgIpc) is 2.37. The van der Waals surface area contributed by atoms with Gasteiger partial charge in [-0.3, -0.25) is 0 Å². The number of ether oxygens (including phenoxy) is 1. The number of benzene rings is 1. The molecule has 0 saturated carbocycles. The van der Waals surface area contributed by atoms with Crippen LogP contribution in [-0.4, -0.2) is 36.5 Å². The van der Waals surface area contributed by atoms with Crippen LogP contribution in [0.2, 0.25) is 0 Å². The van der Waals surface area contributed by atoms with E-state index in [0.29, 0.717) is 6.42 Å². The summed E-state index contributed by atoms with van der Waals surface area (Å²) in [5.74, 6) is -2.08. The molecule has 0 unspecified atom stereocenters. The first kappa shape index (κ1) is 14.7. The van der Waals surface area contributed by atoms with Gasteiger partial charge in [0.05, 0.1) is 24.4 Å². The molecule has 5 nitrogen and oxygen atoms in total. The van der Waals surface area contributed by atoms with Crippen molar-refractivity contribution in [2.24, 2.45) is 0 Å². The topological polar surface area (TPSA) is 70.6 Å². The first-order valence-electron chi connectivity index (χ1n) is 6.20. The Morgan fingerprint density at radius 3 is 2.65 bits per heavy atom. The lowest BCUT2D eigenvalue weighted by Crippen LogP contribution is -2.63. The van der Waals surface area contributed by atoms with E-state index in [1.165, 1.54) is 19.1 Å². The summed E-state index contributed by atoms with van der Waals surface area (Å²) in [6.45, 7) is 1.90. The van der Waals surface area contributed by atoms with Gasteiger partial charge in [-0.15, -0.1) is 0 Å². The molecule has 0 aromatic heterocycles. The molecule has 1 saturated heterocycles. The van der Waals surface area contributed by atoms with Gasteiger partial charge in [0.25, 0.3) is 0 Å². The Morgan fingerprint density at radius 2 is 2.10 bits per heavy atom. The van der Waals surface area contributed by atoms with Gasteiger partial charge in [-0.05, 0) is 25.0 Å². The zero-order valence-electron chi connectivity index (χ0n) is 11.0. The van der Waals surface area contributed by atoms with Crippen LogP contribution in [0.1, 0.15) is 12.0 Å². The fourth-order valence-electron chi connectivity index (χ4n) is 1.98. The average molecular weight is 286 g/mol. The first-order valence-corrected chi connectivity index (χ1v) is 6.20. The van der Waals surface area contributed by atoms with Gasteiger partial charge in [0.1, 0.15) is 0 Å². The standard InChI is InChI=1S/C13H16F2N2O3/c1-8-2-3-9(11(15)10(8)14)16-12(19)17-13(4-5-18)6-20-7-13/h2-3,18H,4-7H2,1H3,(H2,16,17,19). The summed E-state index contributed by atoms with van der Waals surface area (Å²) in [5.41, 5.74) is -0.707. The minimum absolute atomic E-state index is 0.100. The molecule has 1 fully saturated rings. The van der Waals surface area contributed by atoms with Crippen molar-refractivity contribution in [1.82, 2.24) is 5.32 Å². The van der Waals surface area contributed by atoms with E-state index in [2.05, 4.69) is 10.6 Å². The van der Waals surface area contributed by atoms with Crippen LogP contribution in [0.5, 0.6) is 0 Å². The highest BCUT2D eigenvalue weighted by molar-refractivity contribution is 5.90. The minimum atomic E-state index is -1.10. The molecule has 110 valence electrons. The van der Waals surface area contributed by atoms with Crippen molar-refractivity contribution in [3.63, 3.8) is 0 Å². The highest BCUT2D eigenvalue weighted by atomic mass is 19.2. The Labute approximate surface area is 114 Å². The maximum absolute atomic E-state index is 13.6. The lowest BCUT2D eigenvalue weighted by molar-refractivity contribution is -0.0763. The van der Waals surface area contributed by atoms with Crippen LogP contribution in [0, 0.1) is 18.6 Å². The zero-order chi connectivity index (χ0) is 14.8. The second-order valence-corrected chi connectivity index (χ2v) is 4.88. The molecule has 1 aromatic carbocycles. The summed E-state index contributed by atoms with van der Waals surface area (Å²) in [4.78, 5) is 11.8. The predicted molar refractivity (Wildman–Crippen MR) is 68.5 cm³/mol. The lowest BCUT2D eigenvalue weighted by Gasteiger charge is -2.41. The van der Waals surface area contributed by atoms with Crippen molar-refractivity contribution in [3.05, 3.63) is 29.3 Å². The van der Waals surface area contributed by atoms with E-state index >= 15 is 0 Å². The second kappa shape index (κ2) is 5.72. The third-order valence-electron chi connectivity index (χ3n) is 3.25. The number of anilines is 1. The van der Waals surface area contributed by atoms with Crippen LogP contribution >= 0.6 is 0 Å². The number of amides is 2. The third-order valence-corrected chi connectivity index (χ3v) is 3.25. The van der Waals surface area contributed by atoms with Crippen LogP contribution in [0.4, 0.5) is 19.3 Å². The molecule has 7 heteroatoms. The Morgan fingerprint density at radius 1 is 1.40 bits per heavy atom. The quantitative estimate of drug-likeness (QED) is 0.786. The number of hydrogen-bond acceptors (Lipinski definition) is 3. The molecule has 0 atom stereocenters. The highest BCUT2D eigenvalue weighted by Crippen LogP contribution is 2.22. The summed E-state index contributed by atoms with van der Waals surface area (Å²) in [5, 5.41) is 13.8. The van der Waals surface area contributed by atoms with E-state index in [1.807, 2.05) is 0 Å². The van der Waals surface area contributed by atoms with E-state index in [1.54, 1.807) is 0 Å². The Hall–Kier alpha value is -1.73. The largest absolute Gasteiger partial charge is 0.396 e. The smallest absolute Gasteiger partial charge is 0.319 e. The maximum Gasteiger partial charge on any atom is 0.319 e. The van der Waals surface area contributed by atoms with E-state index in [9.17, 15) is 13.6 Å². The van der Waals surface area contributed by atoms with Crippen LogP contribution in [0.15, 0.2) is 12.1 Å². The van der Waals surface area contributed by atoms with Gasteiger partial charge in [0.15, 0.2) is 11.6 Å². The normalized spacial score (nSPS) is 16.4. The van der Waals surface area contributed by atoms with Gasteiger partial charge in [-0.1, -0.05) is 6.07 Å². The summed E-state index contributed by atoms with van der Waals surface area (Å²) < 4.78 is 32.0. The summed E-state index contributed by atoms with van der Waals surface area (Å²) >= 11 is 0. The number of halogens is 2. The molecular formula is C13H16F2N2O3. The summed E-state index contributed by atoms with van der Waals surface area (Å²) in [7, 11) is 0. The molecular weight excluding hydrogens is 270 g/mol. The molecule has 0 bridgehead atoms. The number of nitrogens with one attached hydrogen (secondary N) is 2. The maximum atomic E-state index is 13.6. The van der Waals surface area contributed by atoms with Crippen LogP contribution in [0.3, 0.4) is 0 Å². The predicted octanol–water partition coefficient (Wildman–Crippen LogP) is 1.55. The van der Waals surface area contributed by atoms with E-state index in [0.717, 1.165) is 0 Å². The molecule has 1 heterocycles. The summed E-state index contributed by atoms with van der Waals surface area (Å²) in [6, 6.07) is 2.01. The van der Waals surface area contributed by atoms with Crippen molar-refractivity contribution < 1.29 is 23.4 Å². The fraction of sp³-hybridized carbons (Fsp3) is 0.462. The molecule has 0 radical (unpaired) electrons. The number of rotatable bonds is 4. The molecule has 2 rings (SSSR count). The number of aryl methyl sites for hydroxylation is 1. The van der Waals surface area contributed by atoms with Gasteiger partial charge in [-0.2, -0.15) is 0 Å². The van der Waals surface area contributed by atoms with Crippen molar-refractivity contribution in [1.29, 1.82) is 0 Å². The number of aliphatic hydroxyl groups is 1. The van der Waals surface area contributed by atoms with Gasteiger partial charge in [-0.25, -0.2) is 13.6 Å². The van der Waals surface area contributed by atoms with E-state index in [-0.39, 0.29) is 31.1 Å². The molecule has 0 spiro atoms. The number of carbonyl (C=O) groups excluding carboxylic acids is 1. The Balaban J connectivity index is 2.03. The van der Waals surface area contributed by atoms with Gasteiger partial charge in [0, 0.05) is 6.61 Å². The Kier molecular flexibility index (Phi) is 4.20. The van der Waals surface area contributed by atoms with Crippen molar-refractivity contribution in [2.75, 3.05) is 25.1 Å². The Bertz CT molecular complexity index is 519. The van der Waals surface area contributed by atoms with Crippen LogP contribution in [0.25, 0.3) is 0 Å². The molecule has 0 aliphatic carbocycles. The fourth-order valence-corrected chi connectivity index (χ4v) is 1.98. The summed E-state index contributed by atoms with van der Waals surface area (Å²) in [6.07, 6.45) is 0.338. The van der Waals surface area contributed by atoms with Crippen molar-refractivity contribution in [3.8, 4) is 0 Å². The molecule has 1 aromatic rings. The number of carbonyl (C=O) groups is 1.